The van der Waals surface area contributed by atoms with Gasteiger partial charge in [0, 0.05) is 31.4 Å². The van der Waals surface area contributed by atoms with Gasteiger partial charge < -0.3 is 23.5 Å². The maximum atomic E-state index is 6.60. The molecule has 5 aromatic carbocycles. The van der Waals surface area contributed by atoms with E-state index in [9.17, 15) is 0 Å². The molecule has 2 aliphatic heterocycles. The molecule has 1 aliphatic carbocycles. The molecular weight excluding hydrogens is 1250 g/mol. The number of aryl methyl sites for hydroxylation is 2. The molecule has 0 bridgehead atoms. The first-order valence-corrected chi connectivity index (χ1v) is 35.6. The highest BCUT2D eigenvalue weighted by Gasteiger charge is 2.54. The first-order chi connectivity index (χ1) is 40.2. The van der Waals surface area contributed by atoms with Gasteiger partial charge in [-0.2, -0.15) is 0 Å². The molecule has 84 heavy (non-hydrogen) atoms. The summed E-state index contributed by atoms with van der Waals surface area (Å²) in [5, 5.41) is 2.15. The minimum Gasteiger partial charge on any atom is -0.399 e. The summed E-state index contributed by atoms with van der Waals surface area (Å²) in [4.78, 5) is 2.28. The zero-order valence-electron chi connectivity index (χ0n) is 53.4. The van der Waals surface area contributed by atoms with Crippen LogP contribution in [0.1, 0.15) is 234 Å². The third kappa shape index (κ3) is 17.7. The van der Waals surface area contributed by atoms with Crippen LogP contribution in [0, 0.1) is 0 Å². The summed E-state index contributed by atoms with van der Waals surface area (Å²) < 4.78 is 29.9. The van der Waals surface area contributed by atoms with Crippen molar-refractivity contribution in [3.63, 3.8) is 0 Å². The SMILES string of the molecule is CCCCCCCCC1(CCCCCCCC)c2cc(B3OC(C)(C)C(C)(C)O3)ccc2-c2ccc(B3OC(C)(C)C(C)(C)O3)cc21.CCCCCCc1ccsc1Br.CCCCc1ccc(N(c2ccc(Br)cc2)c2ccc(Br)cc2)cc1. The highest BCUT2D eigenvalue weighted by atomic mass is 79.9. The predicted molar refractivity (Wildman–Crippen MR) is 375 cm³/mol. The zero-order valence-corrected chi connectivity index (χ0v) is 59.0. The van der Waals surface area contributed by atoms with Crippen LogP contribution in [0.5, 0.6) is 0 Å². The molecule has 454 valence electrons. The van der Waals surface area contributed by atoms with Crippen molar-refractivity contribution in [2.45, 2.75) is 252 Å². The third-order valence-electron chi connectivity index (χ3n) is 18.5. The second kappa shape index (κ2) is 32.0. The number of nitrogens with zero attached hydrogens (tertiary/aromatic N) is 1. The van der Waals surface area contributed by atoms with Crippen molar-refractivity contribution in [3.05, 3.63) is 156 Å². The van der Waals surface area contributed by atoms with E-state index < -0.39 is 0 Å². The summed E-state index contributed by atoms with van der Waals surface area (Å²) in [6.45, 7) is 26.3. The Bertz CT molecular complexity index is 2760. The second-order valence-corrected chi connectivity index (χ2v) is 30.1. The van der Waals surface area contributed by atoms with Gasteiger partial charge in [-0.15, -0.1) is 11.3 Å². The van der Waals surface area contributed by atoms with E-state index in [4.69, 9.17) is 18.6 Å². The molecule has 5 nitrogen and oxygen atoms in total. The molecule has 3 heterocycles. The average Bonchev–Trinajstić information content (AvgIpc) is 2.04. The number of hydrogen-bond acceptors (Lipinski definition) is 6. The molecule has 1 aromatic heterocycles. The van der Waals surface area contributed by atoms with E-state index in [1.165, 1.54) is 165 Å². The fraction of sp³-hybridized carbons (Fsp3) is 0.534. The van der Waals surface area contributed by atoms with Gasteiger partial charge >= 0.3 is 14.2 Å². The number of fused-ring (bicyclic) bond motifs is 3. The summed E-state index contributed by atoms with van der Waals surface area (Å²) in [5.74, 6) is 0. The van der Waals surface area contributed by atoms with Crippen LogP contribution in [0.2, 0.25) is 0 Å². The van der Waals surface area contributed by atoms with E-state index in [1.54, 1.807) is 11.3 Å². The number of thiophene rings is 1. The van der Waals surface area contributed by atoms with Crippen LogP contribution in [0.25, 0.3) is 11.1 Å². The van der Waals surface area contributed by atoms with Crippen molar-refractivity contribution in [1.82, 2.24) is 0 Å². The Balaban J connectivity index is 0.000000225. The van der Waals surface area contributed by atoms with Crippen LogP contribution in [0.4, 0.5) is 17.1 Å². The van der Waals surface area contributed by atoms with E-state index in [0.29, 0.717) is 0 Å². The number of rotatable bonds is 27. The maximum absolute atomic E-state index is 6.60. The molecule has 0 spiro atoms. The standard InChI is InChI=1S/C41H64B2O4.C22H21Br2N.C10H15BrS/c1-11-13-15-17-19-21-27-41(28-22-20-18-16-14-12-2)35-29-31(42-44-37(3,4)38(5,6)45-42)23-25-33(35)34-26-24-32(30-36(34)41)43-46-39(7,8)40(9,10)47-43;1-2-3-4-17-5-11-20(12-6-17)25(21-13-7-18(23)8-14-21)22-15-9-19(24)10-16-22;1-2-3-4-5-6-9-7-8-12-10(9)11/h23-26,29-30H,11-22,27-28H2,1-10H3;5-16H,2-4H2,1H3;7-8H,2-6H2,1H3. The van der Waals surface area contributed by atoms with E-state index >= 15 is 0 Å². The Labute approximate surface area is 539 Å². The smallest absolute Gasteiger partial charge is 0.399 e. The number of hydrogen-bond donors (Lipinski definition) is 0. The fourth-order valence-corrected chi connectivity index (χ4v) is 13.8. The maximum Gasteiger partial charge on any atom is 0.494 e. The third-order valence-corrected chi connectivity index (χ3v) is 21.4. The monoisotopic (exact) mass is 1350 g/mol. The van der Waals surface area contributed by atoms with Gasteiger partial charge in [-0.3, -0.25) is 0 Å². The lowest BCUT2D eigenvalue weighted by Crippen LogP contribution is -2.41. The molecule has 2 fully saturated rings. The van der Waals surface area contributed by atoms with Gasteiger partial charge in [0.2, 0.25) is 0 Å². The van der Waals surface area contributed by atoms with Gasteiger partial charge in [0.1, 0.15) is 0 Å². The van der Waals surface area contributed by atoms with Crippen LogP contribution in [-0.4, -0.2) is 36.6 Å². The summed E-state index contributed by atoms with van der Waals surface area (Å²) in [5.41, 5.74) is 12.8. The lowest BCUT2D eigenvalue weighted by molar-refractivity contribution is 0.00578. The van der Waals surface area contributed by atoms with Gasteiger partial charge in [-0.25, -0.2) is 0 Å². The Morgan fingerprint density at radius 3 is 1.15 bits per heavy atom. The summed E-state index contributed by atoms with van der Waals surface area (Å²) in [6.07, 6.45) is 28.2. The zero-order chi connectivity index (χ0) is 60.5. The van der Waals surface area contributed by atoms with Gasteiger partial charge in [0.15, 0.2) is 0 Å². The number of benzene rings is 5. The highest BCUT2D eigenvalue weighted by molar-refractivity contribution is 9.11. The molecule has 0 unspecified atom stereocenters. The van der Waals surface area contributed by atoms with Crippen molar-refractivity contribution in [2.75, 3.05) is 4.90 Å². The number of halogens is 3. The Morgan fingerprint density at radius 2 is 0.774 bits per heavy atom. The van der Waals surface area contributed by atoms with E-state index in [1.807, 2.05) is 0 Å². The molecule has 3 aliphatic rings. The van der Waals surface area contributed by atoms with Crippen molar-refractivity contribution in [2.24, 2.45) is 0 Å². The minimum atomic E-state index is -0.370. The Hall–Kier alpha value is -2.99. The van der Waals surface area contributed by atoms with Gasteiger partial charge in [-0.1, -0.05) is 211 Å². The normalized spacial score (nSPS) is 16.6. The summed E-state index contributed by atoms with van der Waals surface area (Å²) in [7, 11) is -0.731. The average molecular weight is 1350 g/mol. The highest BCUT2D eigenvalue weighted by Crippen LogP contribution is 2.54. The molecule has 0 saturated carbocycles. The van der Waals surface area contributed by atoms with Crippen molar-refractivity contribution >= 4 is 101 Å². The first kappa shape index (κ1) is 68.5. The molecule has 0 atom stereocenters. The van der Waals surface area contributed by atoms with Gasteiger partial charge in [0.05, 0.1) is 26.2 Å². The number of anilines is 3. The van der Waals surface area contributed by atoms with E-state index in [2.05, 4.69) is 256 Å². The van der Waals surface area contributed by atoms with E-state index in [-0.39, 0.29) is 42.1 Å². The molecule has 0 N–H and O–H groups in total. The molecule has 6 aromatic rings. The second-order valence-electron chi connectivity index (χ2n) is 26.0. The van der Waals surface area contributed by atoms with Crippen molar-refractivity contribution < 1.29 is 18.6 Å². The fourth-order valence-electron chi connectivity index (χ4n) is 11.9. The first-order valence-electron chi connectivity index (χ1n) is 32.3. The Kier molecular flexibility index (Phi) is 26.1. The lowest BCUT2D eigenvalue weighted by atomic mass is 9.67. The van der Waals surface area contributed by atoms with Gasteiger partial charge in [0.25, 0.3) is 0 Å². The van der Waals surface area contributed by atoms with Crippen molar-refractivity contribution in [3.8, 4) is 11.1 Å². The van der Waals surface area contributed by atoms with Crippen molar-refractivity contribution in [1.29, 1.82) is 0 Å². The van der Waals surface area contributed by atoms with Crippen LogP contribution < -0.4 is 15.8 Å². The predicted octanol–water partition coefficient (Wildman–Crippen LogP) is 22.7. The molecule has 0 radical (unpaired) electrons. The van der Waals surface area contributed by atoms with Crippen LogP contribution in [0.15, 0.2) is 133 Å². The lowest BCUT2D eigenvalue weighted by Gasteiger charge is -2.33. The molecule has 0 amide bonds. The molecular formula is C73H100B2Br3NO4S. The van der Waals surface area contributed by atoms with Crippen LogP contribution in [-0.2, 0) is 36.9 Å². The van der Waals surface area contributed by atoms with Crippen LogP contribution in [0.3, 0.4) is 0 Å². The van der Waals surface area contributed by atoms with Gasteiger partial charge in [-0.05, 0) is 226 Å². The molecule has 9 rings (SSSR count). The molecule has 2 saturated heterocycles. The minimum absolute atomic E-state index is 0.0561. The Morgan fingerprint density at radius 1 is 0.405 bits per heavy atom. The quantitative estimate of drug-likeness (QED) is 0.0380. The van der Waals surface area contributed by atoms with E-state index in [0.717, 1.165) is 50.5 Å². The topological polar surface area (TPSA) is 40.2 Å². The number of unbranched alkanes of at least 4 members (excludes halogenated alkanes) is 14. The summed E-state index contributed by atoms with van der Waals surface area (Å²) in [6, 6.07) is 42.1. The van der Waals surface area contributed by atoms with Crippen LogP contribution >= 0.6 is 59.1 Å². The summed E-state index contributed by atoms with van der Waals surface area (Å²) >= 11 is 12.4. The largest absolute Gasteiger partial charge is 0.494 e. The molecule has 11 heteroatoms.